The first-order chi connectivity index (χ1) is 13.8. The normalized spacial score (nSPS) is 9.03. The largest absolute Gasteiger partial charge is 2.00 e. The van der Waals surface area contributed by atoms with E-state index >= 15 is 0 Å². The Bertz CT molecular complexity index is 606. The Morgan fingerprint density at radius 1 is 0.697 bits per heavy atom. The van der Waals surface area contributed by atoms with Gasteiger partial charge in [0.05, 0.1) is 6.54 Å². The number of para-hydroxylation sites is 1. The molecule has 2 aromatic rings. The molecule has 1 heterocycles. The quantitative estimate of drug-likeness (QED) is 0.235. The first-order valence-corrected chi connectivity index (χ1v) is 11.6. The molecular formula is C25H45Cl3CoN2O2. The maximum atomic E-state index is 9.31. The summed E-state index contributed by atoms with van der Waals surface area (Å²) in [7, 11) is 0. The predicted molar refractivity (Wildman–Crippen MR) is 125 cm³/mol. The molecule has 0 aliphatic rings. The predicted octanol–water partition coefficient (Wildman–Crippen LogP) is -3.17. The number of phenolic OH excluding ortho intramolecular Hbond substituents is 1. The van der Waals surface area contributed by atoms with E-state index in [4.69, 9.17) is 0 Å². The Morgan fingerprint density at radius 2 is 1.12 bits per heavy atom. The van der Waals surface area contributed by atoms with Crippen molar-refractivity contribution in [2.75, 3.05) is 6.54 Å². The van der Waals surface area contributed by atoms with E-state index in [2.05, 4.69) is 17.6 Å². The van der Waals surface area contributed by atoms with Crippen molar-refractivity contribution in [3.63, 3.8) is 0 Å². The number of aromatic nitrogens is 1. The zero-order chi connectivity index (χ0) is 20.3. The van der Waals surface area contributed by atoms with Crippen molar-refractivity contribution in [2.24, 2.45) is 0 Å². The minimum Gasteiger partial charge on any atom is -1.00 e. The van der Waals surface area contributed by atoms with Gasteiger partial charge in [0.25, 0.3) is 0 Å². The third-order valence-electron chi connectivity index (χ3n) is 5.21. The van der Waals surface area contributed by atoms with Crippen LogP contribution in [0.5, 0.6) is 5.75 Å². The van der Waals surface area contributed by atoms with Gasteiger partial charge in [0.1, 0.15) is 11.3 Å². The van der Waals surface area contributed by atoms with Gasteiger partial charge in [-0.3, -0.25) is 4.98 Å². The number of unbranched alkanes of at least 4 members (excludes halogenated alkanes) is 13. The number of halogens is 3. The monoisotopic (exact) mass is 569 g/mol. The topological polar surface area (TPSA) is 92.3 Å². The fraction of sp³-hybridized carbons (Fsp3) is 0.640. The number of hydrogen-bond donors (Lipinski definition) is 2. The SMILES string of the molecule is CCCCCCCCCCCCCCCC[NH3+].O.Oc1cccc2cccnc12.[Cl-].[Cl-].[Cl-].[Co+2]. The van der Waals surface area contributed by atoms with Crippen LogP contribution in [0.15, 0.2) is 36.5 Å². The van der Waals surface area contributed by atoms with Crippen LogP contribution in [-0.2, 0) is 16.8 Å². The molecule has 33 heavy (non-hydrogen) atoms. The molecule has 197 valence electrons. The molecule has 0 aliphatic carbocycles. The van der Waals surface area contributed by atoms with E-state index in [9.17, 15) is 5.11 Å². The van der Waals surface area contributed by atoms with Gasteiger partial charge in [0, 0.05) is 11.6 Å². The molecule has 0 unspecified atom stereocenters. The number of aromatic hydroxyl groups is 1. The van der Waals surface area contributed by atoms with Crippen LogP contribution in [0.3, 0.4) is 0 Å². The molecule has 0 amide bonds. The molecule has 0 fully saturated rings. The molecule has 8 heteroatoms. The summed E-state index contributed by atoms with van der Waals surface area (Å²) in [6.07, 6.45) is 21.9. The Kier molecular flexibility index (Phi) is 41.2. The van der Waals surface area contributed by atoms with E-state index in [1.54, 1.807) is 18.3 Å². The van der Waals surface area contributed by atoms with E-state index in [-0.39, 0.29) is 65.2 Å². The van der Waals surface area contributed by atoms with E-state index in [0.717, 1.165) is 11.9 Å². The molecule has 0 saturated heterocycles. The van der Waals surface area contributed by atoms with Crippen LogP contribution in [-0.4, -0.2) is 22.1 Å². The molecule has 1 radical (unpaired) electrons. The van der Waals surface area contributed by atoms with Crippen LogP contribution in [0.1, 0.15) is 96.8 Å². The van der Waals surface area contributed by atoms with Crippen molar-refractivity contribution in [1.29, 1.82) is 0 Å². The zero-order valence-corrected chi connectivity index (χ0v) is 23.4. The minimum atomic E-state index is 0. The third-order valence-corrected chi connectivity index (χ3v) is 5.21. The molecule has 0 spiro atoms. The molecule has 4 nitrogen and oxygen atoms in total. The fourth-order valence-corrected chi connectivity index (χ4v) is 3.46. The Balaban J connectivity index is -0.000000144. The van der Waals surface area contributed by atoms with E-state index < -0.39 is 0 Å². The van der Waals surface area contributed by atoms with Crippen molar-refractivity contribution in [3.05, 3.63) is 36.5 Å². The number of phenols is 1. The zero-order valence-electron chi connectivity index (χ0n) is 20.1. The number of pyridine rings is 1. The van der Waals surface area contributed by atoms with Gasteiger partial charge in [-0.05, 0) is 25.0 Å². The number of nitrogens with zero attached hydrogens (tertiary/aromatic N) is 1. The van der Waals surface area contributed by atoms with Gasteiger partial charge in [0.2, 0.25) is 0 Å². The maximum Gasteiger partial charge on any atom is 2.00 e. The number of rotatable bonds is 14. The average molecular weight is 571 g/mol. The molecule has 0 aliphatic heterocycles. The molecule has 0 bridgehead atoms. The third kappa shape index (κ3) is 23.2. The van der Waals surface area contributed by atoms with Crippen LogP contribution >= 0.6 is 0 Å². The minimum absolute atomic E-state index is 0. The maximum absolute atomic E-state index is 9.31. The second-order valence-electron chi connectivity index (χ2n) is 7.80. The molecule has 2 rings (SSSR count). The second-order valence-corrected chi connectivity index (χ2v) is 7.80. The van der Waals surface area contributed by atoms with Crippen LogP contribution in [0.4, 0.5) is 0 Å². The van der Waals surface area contributed by atoms with Gasteiger partial charge in [-0.15, -0.1) is 0 Å². The standard InChI is InChI=1S/C16H35N.C9H7NO.3ClH.Co.H2O/c1-2-3-4-5-6-7-8-9-10-11-12-13-14-15-16-17;11-8-5-1-3-7-4-2-6-10-9(7)8;;;;;/h2-17H2,1H3;1-6,11H;3*1H;;1H2/q;;;;;+2;/p-2. The van der Waals surface area contributed by atoms with E-state index in [1.165, 1.54) is 89.9 Å². The van der Waals surface area contributed by atoms with E-state index in [0.29, 0.717) is 5.52 Å². The summed E-state index contributed by atoms with van der Waals surface area (Å²) in [6.45, 7) is 3.41. The summed E-state index contributed by atoms with van der Waals surface area (Å²) < 4.78 is 0. The number of benzene rings is 1. The van der Waals surface area contributed by atoms with Crippen LogP contribution in [0.25, 0.3) is 10.9 Å². The van der Waals surface area contributed by atoms with Gasteiger partial charge in [-0.25, -0.2) is 0 Å². The van der Waals surface area contributed by atoms with Crippen molar-refractivity contribution in [3.8, 4) is 5.75 Å². The summed E-state index contributed by atoms with van der Waals surface area (Å²) in [5.41, 5.74) is 4.54. The Morgan fingerprint density at radius 3 is 1.55 bits per heavy atom. The van der Waals surface area contributed by atoms with Gasteiger partial charge < -0.3 is 53.5 Å². The molecular weight excluding hydrogens is 526 g/mol. The summed E-state index contributed by atoms with van der Waals surface area (Å²) in [6, 6.07) is 9.13. The van der Waals surface area contributed by atoms with Crippen molar-refractivity contribution < 1.29 is 70.3 Å². The fourth-order valence-electron chi connectivity index (χ4n) is 3.46. The molecule has 0 atom stereocenters. The average Bonchev–Trinajstić information content (AvgIpc) is 2.72. The van der Waals surface area contributed by atoms with Crippen LogP contribution in [0, 0.1) is 0 Å². The van der Waals surface area contributed by atoms with Gasteiger partial charge in [-0.2, -0.15) is 0 Å². The number of quaternary nitrogens is 1. The number of fused-ring (bicyclic) bond motifs is 1. The van der Waals surface area contributed by atoms with Gasteiger partial charge >= 0.3 is 16.8 Å². The first-order valence-electron chi connectivity index (χ1n) is 11.6. The van der Waals surface area contributed by atoms with E-state index in [1.807, 2.05) is 18.2 Å². The molecule has 1 aromatic heterocycles. The summed E-state index contributed by atoms with van der Waals surface area (Å²) in [5, 5.41) is 10.3. The molecule has 6 N–H and O–H groups in total. The van der Waals surface area contributed by atoms with Crippen molar-refractivity contribution in [2.45, 2.75) is 96.8 Å². The second kappa shape index (κ2) is 31.7. The van der Waals surface area contributed by atoms with Gasteiger partial charge in [-0.1, -0.05) is 102 Å². The van der Waals surface area contributed by atoms with Gasteiger partial charge in [0.15, 0.2) is 0 Å². The van der Waals surface area contributed by atoms with Crippen molar-refractivity contribution >= 4 is 10.9 Å². The van der Waals surface area contributed by atoms with Crippen LogP contribution < -0.4 is 43.0 Å². The van der Waals surface area contributed by atoms with Crippen LogP contribution in [0.2, 0.25) is 0 Å². The summed E-state index contributed by atoms with van der Waals surface area (Å²) in [5.74, 6) is 0.239. The molecule has 1 aromatic carbocycles. The summed E-state index contributed by atoms with van der Waals surface area (Å²) >= 11 is 0. The van der Waals surface area contributed by atoms with Crippen molar-refractivity contribution in [1.82, 2.24) is 4.98 Å². The Hall–Kier alpha value is -0.274. The Labute approximate surface area is 231 Å². The summed E-state index contributed by atoms with van der Waals surface area (Å²) in [4.78, 5) is 4.03. The first kappa shape index (κ1) is 42.9. The smallest absolute Gasteiger partial charge is 1.00 e. The molecule has 0 saturated carbocycles. The number of hydrogen-bond acceptors (Lipinski definition) is 2.